The SMILES string of the molecule is CCOCCS(=O)(=O)N1CCC(CN)CC1.Cl. The number of hydrogen-bond donors (Lipinski definition) is 1. The van der Waals surface area contributed by atoms with E-state index in [1.165, 1.54) is 0 Å². The van der Waals surface area contributed by atoms with Crippen LogP contribution in [0.15, 0.2) is 0 Å². The highest BCUT2D eigenvalue weighted by molar-refractivity contribution is 7.89. The van der Waals surface area contributed by atoms with E-state index in [9.17, 15) is 8.42 Å². The first kappa shape index (κ1) is 17.1. The van der Waals surface area contributed by atoms with Gasteiger partial charge in [0.25, 0.3) is 0 Å². The maximum absolute atomic E-state index is 11.9. The molecule has 17 heavy (non-hydrogen) atoms. The fourth-order valence-electron chi connectivity index (χ4n) is 1.86. The normalized spacial score (nSPS) is 18.9. The van der Waals surface area contributed by atoms with Crippen molar-refractivity contribution in [3.05, 3.63) is 0 Å². The molecule has 1 aliphatic heterocycles. The first-order valence-electron chi connectivity index (χ1n) is 5.85. The van der Waals surface area contributed by atoms with Crippen molar-refractivity contribution in [2.24, 2.45) is 11.7 Å². The minimum Gasteiger partial charge on any atom is -0.381 e. The van der Waals surface area contributed by atoms with Gasteiger partial charge in [-0.2, -0.15) is 0 Å². The van der Waals surface area contributed by atoms with Crippen LogP contribution in [0, 0.1) is 5.92 Å². The van der Waals surface area contributed by atoms with Crippen molar-refractivity contribution < 1.29 is 13.2 Å². The number of ether oxygens (including phenoxy) is 1. The Labute approximate surface area is 110 Å². The number of rotatable bonds is 6. The molecule has 7 heteroatoms. The second-order valence-corrected chi connectivity index (χ2v) is 6.18. The lowest BCUT2D eigenvalue weighted by molar-refractivity contribution is 0.161. The third-order valence-corrected chi connectivity index (χ3v) is 4.82. The summed E-state index contributed by atoms with van der Waals surface area (Å²) in [5, 5.41) is 0. The maximum Gasteiger partial charge on any atom is 0.216 e. The lowest BCUT2D eigenvalue weighted by Crippen LogP contribution is -2.41. The minimum atomic E-state index is -3.12. The second kappa shape index (κ2) is 8.26. The van der Waals surface area contributed by atoms with Crippen LogP contribution in [0.5, 0.6) is 0 Å². The molecule has 0 aromatic heterocycles. The molecule has 0 radical (unpaired) electrons. The van der Waals surface area contributed by atoms with Gasteiger partial charge in [0.2, 0.25) is 10.0 Å². The monoisotopic (exact) mass is 286 g/mol. The van der Waals surface area contributed by atoms with Gasteiger partial charge in [-0.3, -0.25) is 0 Å². The zero-order valence-electron chi connectivity index (χ0n) is 10.3. The third kappa shape index (κ3) is 5.52. The van der Waals surface area contributed by atoms with E-state index in [0.717, 1.165) is 12.8 Å². The molecule has 1 heterocycles. The molecule has 0 saturated carbocycles. The maximum atomic E-state index is 11.9. The summed E-state index contributed by atoms with van der Waals surface area (Å²) < 4.78 is 30.4. The van der Waals surface area contributed by atoms with E-state index in [2.05, 4.69) is 0 Å². The zero-order chi connectivity index (χ0) is 12.0. The molecular formula is C10H23ClN2O3S. The molecule has 1 rings (SSSR count). The standard InChI is InChI=1S/C10H22N2O3S.ClH/c1-2-15-7-8-16(13,14)12-5-3-10(9-11)4-6-12;/h10H,2-9,11H2,1H3;1H. The molecule has 0 spiro atoms. The van der Waals surface area contributed by atoms with Gasteiger partial charge in [-0.05, 0) is 32.2 Å². The van der Waals surface area contributed by atoms with Crippen LogP contribution in [0.4, 0.5) is 0 Å². The van der Waals surface area contributed by atoms with E-state index in [4.69, 9.17) is 10.5 Å². The summed E-state index contributed by atoms with van der Waals surface area (Å²) in [7, 11) is -3.12. The highest BCUT2D eigenvalue weighted by atomic mass is 35.5. The molecule has 1 saturated heterocycles. The van der Waals surface area contributed by atoms with E-state index in [1.807, 2.05) is 6.92 Å². The Morgan fingerprint density at radius 2 is 1.94 bits per heavy atom. The van der Waals surface area contributed by atoms with Crippen LogP contribution < -0.4 is 5.73 Å². The van der Waals surface area contributed by atoms with Gasteiger partial charge in [0.15, 0.2) is 0 Å². The Hall–Kier alpha value is 0.120. The predicted octanol–water partition coefficient (Wildman–Crippen LogP) is 0.445. The molecule has 0 atom stereocenters. The molecule has 0 amide bonds. The van der Waals surface area contributed by atoms with Crippen molar-refractivity contribution in [2.75, 3.05) is 38.6 Å². The van der Waals surface area contributed by atoms with Gasteiger partial charge < -0.3 is 10.5 Å². The Balaban J connectivity index is 0.00000256. The van der Waals surface area contributed by atoms with Gasteiger partial charge in [0.1, 0.15) is 0 Å². The number of piperidine rings is 1. The number of nitrogens with two attached hydrogens (primary N) is 1. The fourth-order valence-corrected chi connectivity index (χ4v) is 3.21. The summed E-state index contributed by atoms with van der Waals surface area (Å²) in [6.45, 7) is 4.58. The van der Waals surface area contributed by atoms with Crippen molar-refractivity contribution in [1.82, 2.24) is 4.31 Å². The van der Waals surface area contributed by atoms with Crippen LogP contribution >= 0.6 is 12.4 Å². The lowest BCUT2D eigenvalue weighted by Gasteiger charge is -2.30. The highest BCUT2D eigenvalue weighted by Crippen LogP contribution is 2.18. The molecule has 0 aromatic rings. The van der Waals surface area contributed by atoms with Crippen molar-refractivity contribution in [3.8, 4) is 0 Å². The van der Waals surface area contributed by atoms with E-state index in [1.54, 1.807) is 4.31 Å². The first-order valence-corrected chi connectivity index (χ1v) is 7.46. The molecule has 104 valence electrons. The molecule has 0 unspecified atom stereocenters. The van der Waals surface area contributed by atoms with Gasteiger partial charge >= 0.3 is 0 Å². The van der Waals surface area contributed by atoms with Crippen molar-refractivity contribution >= 4 is 22.4 Å². The van der Waals surface area contributed by atoms with E-state index < -0.39 is 10.0 Å². The van der Waals surface area contributed by atoms with Crippen molar-refractivity contribution in [2.45, 2.75) is 19.8 Å². The smallest absolute Gasteiger partial charge is 0.216 e. The molecule has 2 N–H and O–H groups in total. The summed E-state index contributed by atoms with van der Waals surface area (Å²) in [6.07, 6.45) is 1.76. The Morgan fingerprint density at radius 1 is 1.35 bits per heavy atom. The van der Waals surface area contributed by atoms with Crippen LogP contribution in [-0.4, -0.2) is 51.3 Å². The second-order valence-electron chi connectivity index (χ2n) is 4.09. The fraction of sp³-hybridized carbons (Fsp3) is 1.00. The van der Waals surface area contributed by atoms with E-state index in [0.29, 0.717) is 32.2 Å². The van der Waals surface area contributed by atoms with E-state index >= 15 is 0 Å². The Morgan fingerprint density at radius 3 is 2.41 bits per heavy atom. The molecule has 0 aliphatic carbocycles. The summed E-state index contributed by atoms with van der Waals surface area (Å²) in [5.41, 5.74) is 5.57. The van der Waals surface area contributed by atoms with E-state index in [-0.39, 0.29) is 24.8 Å². The van der Waals surface area contributed by atoms with Crippen LogP contribution in [-0.2, 0) is 14.8 Å². The van der Waals surface area contributed by atoms with Crippen molar-refractivity contribution in [1.29, 1.82) is 0 Å². The third-order valence-electron chi connectivity index (χ3n) is 2.99. The average Bonchev–Trinajstić information content (AvgIpc) is 2.29. The van der Waals surface area contributed by atoms with Crippen LogP contribution in [0.2, 0.25) is 0 Å². The van der Waals surface area contributed by atoms with Crippen LogP contribution in [0.3, 0.4) is 0 Å². The molecule has 1 fully saturated rings. The van der Waals surface area contributed by atoms with Crippen molar-refractivity contribution in [3.63, 3.8) is 0 Å². The molecule has 0 bridgehead atoms. The number of hydrogen-bond acceptors (Lipinski definition) is 4. The topological polar surface area (TPSA) is 72.6 Å². The Kier molecular flexibility index (Phi) is 8.32. The van der Waals surface area contributed by atoms with Gasteiger partial charge in [-0.15, -0.1) is 12.4 Å². The number of sulfonamides is 1. The molecule has 5 nitrogen and oxygen atoms in total. The summed E-state index contributed by atoms with van der Waals surface area (Å²) in [5.74, 6) is 0.576. The summed E-state index contributed by atoms with van der Waals surface area (Å²) in [4.78, 5) is 0. The first-order chi connectivity index (χ1) is 7.60. The van der Waals surface area contributed by atoms with Crippen LogP contribution in [0.1, 0.15) is 19.8 Å². The summed E-state index contributed by atoms with van der Waals surface area (Å²) >= 11 is 0. The quantitative estimate of drug-likeness (QED) is 0.720. The van der Waals surface area contributed by atoms with Crippen LogP contribution in [0.25, 0.3) is 0 Å². The summed E-state index contributed by atoms with van der Waals surface area (Å²) in [6, 6.07) is 0. The lowest BCUT2D eigenvalue weighted by atomic mass is 9.99. The average molecular weight is 287 g/mol. The number of halogens is 1. The highest BCUT2D eigenvalue weighted by Gasteiger charge is 2.26. The molecule has 1 aliphatic rings. The van der Waals surface area contributed by atoms with Gasteiger partial charge in [0, 0.05) is 19.7 Å². The molecular weight excluding hydrogens is 264 g/mol. The van der Waals surface area contributed by atoms with Gasteiger partial charge in [0.05, 0.1) is 12.4 Å². The number of nitrogens with zero attached hydrogens (tertiary/aromatic N) is 1. The zero-order valence-corrected chi connectivity index (χ0v) is 11.9. The van der Waals surface area contributed by atoms with Gasteiger partial charge in [-0.1, -0.05) is 0 Å². The minimum absolute atomic E-state index is 0. The predicted molar refractivity (Wildman–Crippen MR) is 70.9 cm³/mol. The largest absolute Gasteiger partial charge is 0.381 e. The molecule has 0 aromatic carbocycles. The van der Waals surface area contributed by atoms with Gasteiger partial charge in [-0.25, -0.2) is 12.7 Å². The Bertz CT molecular complexity index is 290.